The van der Waals surface area contributed by atoms with Gasteiger partial charge in [0.1, 0.15) is 0 Å². The Hall–Kier alpha value is -1.54. The highest BCUT2D eigenvalue weighted by atomic mass is 35.5. The van der Waals surface area contributed by atoms with Gasteiger partial charge in [-0.15, -0.1) is 0 Å². The van der Waals surface area contributed by atoms with Crippen LogP contribution in [0.2, 0.25) is 20.1 Å². The Bertz CT molecular complexity index is 1000. The van der Waals surface area contributed by atoms with Crippen molar-refractivity contribution in [1.29, 1.82) is 0 Å². The number of rotatable bonds is 8. The van der Waals surface area contributed by atoms with Crippen LogP contribution in [0.25, 0.3) is 0 Å². The molecule has 1 aliphatic rings. The lowest BCUT2D eigenvalue weighted by Gasteiger charge is -2.25. The normalized spacial score (nSPS) is 18.8. The van der Waals surface area contributed by atoms with Crippen LogP contribution in [0.4, 0.5) is 0 Å². The predicted octanol–water partition coefficient (Wildman–Crippen LogP) is 4.40. The lowest BCUT2D eigenvalue weighted by molar-refractivity contribution is -0.133. The van der Waals surface area contributed by atoms with Crippen LogP contribution in [0.3, 0.4) is 0 Å². The molecule has 0 spiro atoms. The van der Waals surface area contributed by atoms with Gasteiger partial charge in [0.25, 0.3) is 5.91 Å². The summed E-state index contributed by atoms with van der Waals surface area (Å²) < 4.78 is 0. The molecular formula is C23H26Cl4N4O2. The van der Waals surface area contributed by atoms with E-state index < -0.39 is 0 Å². The highest BCUT2D eigenvalue weighted by Crippen LogP contribution is 2.24. The van der Waals surface area contributed by atoms with E-state index in [0.717, 1.165) is 5.56 Å². The molecule has 0 aliphatic carbocycles. The second kappa shape index (κ2) is 12.2. The van der Waals surface area contributed by atoms with Crippen molar-refractivity contribution in [2.45, 2.75) is 31.5 Å². The molecule has 2 amide bonds. The van der Waals surface area contributed by atoms with Gasteiger partial charge in [0.05, 0.1) is 16.1 Å². The van der Waals surface area contributed by atoms with Gasteiger partial charge in [0, 0.05) is 41.3 Å². The fraction of sp³-hybridized carbons (Fsp3) is 0.391. The average Bonchev–Trinajstić information content (AvgIpc) is 2.93. The van der Waals surface area contributed by atoms with E-state index >= 15 is 0 Å². The van der Waals surface area contributed by atoms with Gasteiger partial charge in [-0.3, -0.25) is 9.59 Å². The van der Waals surface area contributed by atoms with Gasteiger partial charge in [-0.1, -0.05) is 52.5 Å². The molecule has 6 nitrogen and oxygen atoms in total. The summed E-state index contributed by atoms with van der Waals surface area (Å²) in [5, 5.41) is 11.2. The number of amides is 2. The van der Waals surface area contributed by atoms with Gasteiger partial charge in [0.15, 0.2) is 0 Å². The first-order valence-electron chi connectivity index (χ1n) is 10.6. The van der Waals surface area contributed by atoms with Crippen LogP contribution in [0.15, 0.2) is 36.4 Å². The second-order valence-electron chi connectivity index (χ2n) is 7.93. The van der Waals surface area contributed by atoms with E-state index in [9.17, 15) is 9.59 Å². The Morgan fingerprint density at radius 2 is 1.88 bits per heavy atom. The van der Waals surface area contributed by atoms with Crippen LogP contribution in [-0.4, -0.2) is 55.5 Å². The first-order chi connectivity index (χ1) is 15.8. The maximum atomic E-state index is 13.3. The minimum absolute atomic E-state index is 0.00887. The van der Waals surface area contributed by atoms with Crippen LogP contribution >= 0.6 is 46.4 Å². The van der Waals surface area contributed by atoms with Crippen molar-refractivity contribution in [3.05, 3.63) is 67.6 Å². The zero-order valence-corrected chi connectivity index (χ0v) is 21.2. The van der Waals surface area contributed by atoms with Gasteiger partial charge in [-0.25, -0.2) is 0 Å². The lowest BCUT2D eigenvalue weighted by Crippen LogP contribution is -2.49. The SMILES string of the molecule is CNCCC1NC(CNC(=O)c2ccc(Cl)c(Cl)c2)CCN(Cc2ccc(Cl)cc2Cl)C1=O. The summed E-state index contributed by atoms with van der Waals surface area (Å²) in [6, 6.07) is 9.59. The molecule has 0 bridgehead atoms. The minimum atomic E-state index is -0.377. The number of carbonyl (C=O) groups excluding carboxylic acids is 2. The zero-order chi connectivity index (χ0) is 24.0. The minimum Gasteiger partial charge on any atom is -0.350 e. The molecule has 2 unspecified atom stereocenters. The first kappa shape index (κ1) is 26.1. The number of hydrogen-bond acceptors (Lipinski definition) is 4. The molecule has 2 aromatic rings. The maximum absolute atomic E-state index is 13.3. The smallest absolute Gasteiger partial charge is 0.251 e. The van der Waals surface area contributed by atoms with Crippen molar-refractivity contribution in [3.8, 4) is 0 Å². The molecule has 0 radical (unpaired) electrons. The number of benzene rings is 2. The summed E-state index contributed by atoms with van der Waals surface area (Å²) >= 11 is 24.3. The number of nitrogens with zero attached hydrogens (tertiary/aromatic N) is 1. The average molecular weight is 532 g/mol. The summed E-state index contributed by atoms with van der Waals surface area (Å²) in [5.74, 6) is -0.239. The summed E-state index contributed by atoms with van der Waals surface area (Å²) in [4.78, 5) is 27.6. The van der Waals surface area contributed by atoms with Gasteiger partial charge >= 0.3 is 0 Å². The molecule has 1 fully saturated rings. The highest BCUT2D eigenvalue weighted by molar-refractivity contribution is 6.42. The van der Waals surface area contributed by atoms with Gasteiger partial charge in [-0.2, -0.15) is 0 Å². The third kappa shape index (κ3) is 7.22. The number of carbonyl (C=O) groups is 2. The second-order valence-corrected chi connectivity index (χ2v) is 9.59. The third-order valence-electron chi connectivity index (χ3n) is 5.54. The van der Waals surface area contributed by atoms with E-state index in [4.69, 9.17) is 46.4 Å². The summed E-state index contributed by atoms with van der Waals surface area (Å²) in [7, 11) is 1.85. The number of halogens is 4. The van der Waals surface area contributed by atoms with Crippen molar-refractivity contribution in [2.75, 3.05) is 26.7 Å². The van der Waals surface area contributed by atoms with Crippen LogP contribution in [-0.2, 0) is 11.3 Å². The Morgan fingerprint density at radius 3 is 2.58 bits per heavy atom. The quantitative estimate of drug-likeness (QED) is 0.472. The van der Waals surface area contributed by atoms with Crippen molar-refractivity contribution >= 4 is 58.2 Å². The fourth-order valence-electron chi connectivity index (χ4n) is 3.71. The summed E-state index contributed by atoms with van der Waals surface area (Å²) in [6.45, 7) is 1.99. The Labute approximate surface area is 213 Å². The summed E-state index contributed by atoms with van der Waals surface area (Å²) in [6.07, 6.45) is 1.30. The third-order valence-corrected chi connectivity index (χ3v) is 6.87. The number of hydrogen-bond donors (Lipinski definition) is 3. The van der Waals surface area contributed by atoms with E-state index in [0.29, 0.717) is 64.7 Å². The summed E-state index contributed by atoms with van der Waals surface area (Å²) in [5.41, 5.74) is 1.27. The van der Waals surface area contributed by atoms with E-state index in [-0.39, 0.29) is 23.9 Å². The largest absolute Gasteiger partial charge is 0.350 e. The van der Waals surface area contributed by atoms with E-state index in [2.05, 4.69) is 16.0 Å². The van der Waals surface area contributed by atoms with Crippen molar-refractivity contribution in [3.63, 3.8) is 0 Å². The van der Waals surface area contributed by atoms with Crippen molar-refractivity contribution < 1.29 is 9.59 Å². The molecule has 2 aromatic carbocycles. The molecule has 1 aliphatic heterocycles. The van der Waals surface area contributed by atoms with Crippen molar-refractivity contribution in [1.82, 2.24) is 20.9 Å². The molecule has 1 heterocycles. The molecule has 2 atom stereocenters. The van der Waals surface area contributed by atoms with E-state index in [1.54, 1.807) is 24.3 Å². The Kier molecular flexibility index (Phi) is 9.68. The Balaban J connectivity index is 1.68. The molecular weight excluding hydrogens is 506 g/mol. The van der Waals surface area contributed by atoms with E-state index in [1.165, 1.54) is 6.07 Å². The van der Waals surface area contributed by atoms with Gasteiger partial charge in [-0.05, 0) is 62.3 Å². The monoisotopic (exact) mass is 530 g/mol. The maximum Gasteiger partial charge on any atom is 0.251 e. The highest BCUT2D eigenvalue weighted by Gasteiger charge is 2.31. The van der Waals surface area contributed by atoms with Crippen molar-refractivity contribution in [2.24, 2.45) is 0 Å². The van der Waals surface area contributed by atoms with E-state index in [1.807, 2.05) is 18.0 Å². The van der Waals surface area contributed by atoms with Crippen LogP contribution in [0.5, 0.6) is 0 Å². The molecule has 178 valence electrons. The van der Waals surface area contributed by atoms with Gasteiger partial charge in [0.2, 0.25) is 5.91 Å². The first-order valence-corrected chi connectivity index (χ1v) is 12.2. The topological polar surface area (TPSA) is 73.5 Å². The Morgan fingerprint density at radius 1 is 1.09 bits per heavy atom. The molecule has 3 rings (SSSR count). The molecule has 0 saturated carbocycles. The standard InChI is InChI=1S/C23H26Cl4N4O2/c1-28-8-6-21-23(33)31(13-15-2-4-16(24)11-19(15)26)9-7-17(30-21)12-29-22(32)14-3-5-18(25)20(27)10-14/h2-5,10-11,17,21,28,30H,6-9,12-13H2,1H3,(H,29,32). The van der Waals surface area contributed by atoms with Gasteiger partial charge < -0.3 is 20.9 Å². The van der Waals surface area contributed by atoms with Crippen LogP contribution in [0.1, 0.15) is 28.8 Å². The zero-order valence-electron chi connectivity index (χ0n) is 18.1. The molecule has 33 heavy (non-hydrogen) atoms. The number of nitrogens with one attached hydrogen (secondary N) is 3. The van der Waals surface area contributed by atoms with Crippen LogP contribution < -0.4 is 16.0 Å². The fourth-order valence-corrected chi connectivity index (χ4v) is 4.47. The molecule has 3 N–H and O–H groups in total. The van der Waals surface area contributed by atoms with Crippen LogP contribution in [0, 0.1) is 0 Å². The predicted molar refractivity (Wildman–Crippen MR) is 135 cm³/mol. The molecule has 1 saturated heterocycles. The molecule has 0 aromatic heterocycles. The lowest BCUT2D eigenvalue weighted by atomic mass is 10.1. The molecule has 10 heteroatoms.